The standard InChI is InChI=1S/C12H17N3O2/c1-4-10(8-13-7-9(2)3)15-6-5-11(16)14-12(15)17/h4,7-8H,5-6H2,1-3H3,(H,14,16,17)/b10-4+,13-8?. The molecule has 1 rings (SSSR count). The van der Waals surface area contributed by atoms with Gasteiger partial charge in [-0.3, -0.25) is 20.0 Å². The lowest BCUT2D eigenvalue weighted by Crippen LogP contribution is -2.49. The number of carbonyl (C=O) groups excluding carboxylic acids is 2. The Balaban J connectivity index is 2.75. The Kier molecular flexibility index (Phi) is 4.63. The maximum atomic E-state index is 11.6. The van der Waals surface area contributed by atoms with Crippen molar-refractivity contribution in [1.29, 1.82) is 0 Å². The van der Waals surface area contributed by atoms with Crippen LogP contribution in [-0.2, 0) is 4.79 Å². The number of carbonyl (C=O) groups is 2. The number of hydrogen-bond acceptors (Lipinski definition) is 3. The van der Waals surface area contributed by atoms with Crippen LogP contribution >= 0.6 is 0 Å². The Morgan fingerprint density at radius 3 is 2.65 bits per heavy atom. The average Bonchev–Trinajstić information content (AvgIpc) is 2.25. The van der Waals surface area contributed by atoms with Gasteiger partial charge < -0.3 is 0 Å². The lowest BCUT2D eigenvalue weighted by molar-refractivity contribution is -0.121. The fraction of sp³-hybridized carbons (Fsp3) is 0.417. The summed E-state index contributed by atoms with van der Waals surface area (Å²) in [6, 6.07) is -0.391. The first-order chi connectivity index (χ1) is 8.04. The smallest absolute Gasteiger partial charge is 0.292 e. The number of urea groups is 1. The van der Waals surface area contributed by atoms with Crippen molar-refractivity contribution in [3.8, 4) is 0 Å². The molecule has 0 bridgehead atoms. The molecular weight excluding hydrogens is 218 g/mol. The molecule has 1 aliphatic rings. The first-order valence-corrected chi connectivity index (χ1v) is 5.49. The van der Waals surface area contributed by atoms with Crippen molar-refractivity contribution < 1.29 is 9.59 Å². The van der Waals surface area contributed by atoms with Gasteiger partial charge in [0.1, 0.15) is 0 Å². The first kappa shape index (κ1) is 13.2. The van der Waals surface area contributed by atoms with Gasteiger partial charge in [-0.1, -0.05) is 11.6 Å². The molecule has 0 aromatic rings. The number of aliphatic imine (C=N–C) groups is 1. The van der Waals surface area contributed by atoms with Crippen LogP contribution in [0.1, 0.15) is 27.2 Å². The molecule has 0 saturated carbocycles. The summed E-state index contributed by atoms with van der Waals surface area (Å²) in [4.78, 5) is 28.2. The summed E-state index contributed by atoms with van der Waals surface area (Å²) in [6.45, 7) is 6.11. The van der Waals surface area contributed by atoms with E-state index in [0.29, 0.717) is 18.7 Å². The van der Waals surface area contributed by atoms with Crippen molar-refractivity contribution in [2.24, 2.45) is 4.99 Å². The average molecular weight is 235 g/mol. The van der Waals surface area contributed by atoms with E-state index in [-0.39, 0.29) is 5.91 Å². The minimum absolute atomic E-state index is 0.233. The van der Waals surface area contributed by atoms with Crippen LogP contribution < -0.4 is 5.32 Å². The van der Waals surface area contributed by atoms with E-state index in [2.05, 4.69) is 10.3 Å². The number of nitrogens with one attached hydrogen (secondary N) is 1. The maximum absolute atomic E-state index is 11.6. The second-order valence-corrected chi connectivity index (χ2v) is 3.95. The highest BCUT2D eigenvalue weighted by atomic mass is 16.2. The molecule has 1 aliphatic heterocycles. The van der Waals surface area contributed by atoms with E-state index in [1.165, 1.54) is 4.90 Å². The Morgan fingerprint density at radius 1 is 1.41 bits per heavy atom. The van der Waals surface area contributed by atoms with Gasteiger partial charge in [0, 0.05) is 19.2 Å². The molecule has 0 atom stereocenters. The summed E-state index contributed by atoms with van der Waals surface area (Å²) in [5, 5.41) is 2.27. The lowest BCUT2D eigenvalue weighted by atomic mass is 10.2. The van der Waals surface area contributed by atoms with Crippen molar-refractivity contribution >= 4 is 18.2 Å². The predicted molar refractivity (Wildman–Crippen MR) is 66.5 cm³/mol. The van der Waals surface area contributed by atoms with E-state index >= 15 is 0 Å². The number of nitrogens with zero attached hydrogens (tertiary/aromatic N) is 2. The molecule has 0 radical (unpaired) electrons. The van der Waals surface area contributed by atoms with Gasteiger partial charge in [-0.05, 0) is 20.8 Å². The van der Waals surface area contributed by atoms with Crippen molar-refractivity contribution in [3.05, 3.63) is 23.5 Å². The molecule has 0 spiro atoms. The van der Waals surface area contributed by atoms with E-state index in [0.717, 1.165) is 5.57 Å². The molecule has 0 aromatic heterocycles. The highest BCUT2D eigenvalue weighted by Gasteiger charge is 2.24. The summed E-state index contributed by atoms with van der Waals surface area (Å²) in [5.74, 6) is -0.233. The summed E-state index contributed by atoms with van der Waals surface area (Å²) < 4.78 is 0. The molecule has 1 N–H and O–H groups in total. The highest BCUT2D eigenvalue weighted by molar-refractivity contribution is 5.99. The van der Waals surface area contributed by atoms with Gasteiger partial charge in [0.15, 0.2) is 0 Å². The third-order valence-electron chi connectivity index (χ3n) is 2.20. The van der Waals surface area contributed by atoms with Crippen LogP contribution in [0, 0.1) is 0 Å². The van der Waals surface area contributed by atoms with E-state index in [4.69, 9.17) is 0 Å². The molecule has 1 heterocycles. The Bertz CT molecular complexity index is 404. The van der Waals surface area contributed by atoms with E-state index in [9.17, 15) is 9.59 Å². The quantitative estimate of drug-likeness (QED) is 0.758. The topological polar surface area (TPSA) is 61.8 Å². The van der Waals surface area contributed by atoms with Crippen LogP contribution in [0.3, 0.4) is 0 Å². The molecular formula is C12H17N3O2. The SMILES string of the molecule is C/C=C(\C=NC=C(C)C)N1CCC(=O)NC1=O. The summed E-state index contributed by atoms with van der Waals surface area (Å²) in [7, 11) is 0. The fourth-order valence-electron chi connectivity index (χ4n) is 1.37. The van der Waals surface area contributed by atoms with Crippen LogP contribution in [-0.4, -0.2) is 29.6 Å². The van der Waals surface area contributed by atoms with Crippen LogP contribution in [0.25, 0.3) is 0 Å². The molecule has 0 aromatic carbocycles. The number of allylic oxidation sites excluding steroid dienone is 3. The Morgan fingerprint density at radius 2 is 2.12 bits per heavy atom. The van der Waals surface area contributed by atoms with Gasteiger partial charge in [0.2, 0.25) is 5.91 Å². The Labute approximate surface area is 101 Å². The zero-order valence-corrected chi connectivity index (χ0v) is 10.4. The predicted octanol–water partition coefficient (Wildman–Crippen LogP) is 1.83. The van der Waals surface area contributed by atoms with E-state index < -0.39 is 6.03 Å². The van der Waals surface area contributed by atoms with E-state index in [1.807, 2.05) is 20.8 Å². The van der Waals surface area contributed by atoms with Crippen LogP contribution in [0.2, 0.25) is 0 Å². The second kappa shape index (κ2) is 5.98. The van der Waals surface area contributed by atoms with Gasteiger partial charge in [-0.2, -0.15) is 0 Å². The number of rotatable bonds is 3. The van der Waals surface area contributed by atoms with Crippen LogP contribution in [0.4, 0.5) is 4.79 Å². The Hall–Kier alpha value is -1.91. The zero-order chi connectivity index (χ0) is 12.8. The van der Waals surface area contributed by atoms with Gasteiger partial charge >= 0.3 is 6.03 Å². The molecule has 0 aliphatic carbocycles. The van der Waals surface area contributed by atoms with Gasteiger partial charge in [-0.25, -0.2) is 4.79 Å². The molecule has 5 nitrogen and oxygen atoms in total. The van der Waals surface area contributed by atoms with Crippen LogP contribution in [0.5, 0.6) is 0 Å². The summed E-state index contributed by atoms with van der Waals surface area (Å²) in [6.07, 6.45) is 5.44. The minimum atomic E-state index is -0.391. The molecule has 1 fully saturated rings. The zero-order valence-electron chi connectivity index (χ0n) is 10.4. The fourth-order valence-corrected chi connectivity index (χ4v) is 1.37. The summed E-state index contributed by atoms with van der Waals surface area (Å²) >= 11 is 0. The van der Waals surface area contributed by atoms with Crippen molar-refractivity contribution in [2.45, 2.75) is 27.2 Å². The largest absolute Gasteiger partial charge is 0.328 e. The van der Waals surface area contributed by atoms with E-state index in [1.54, 1.807) is 18.5 Å². The third-order valence-corrected chi connectivity index (χ3v) is 2.20. The van der Waals surface area contributed by atoms with Gasteiger partial charge in [0.05, 0.1) is 11.9 Å². The number of amides is 3. The molecule has 3 amide bonds. The van der Waals surface area contributed by atoms with Crippen LogP contribution in [0.15, 0.2) is 28.5 Å². The number of imide groups is 1. The van der Waals surface area contributed by atoms with Crippen molar-refractivity contribution in [3.63, 3.8) is 0 Å². The molecule has 92 valence electrons. The van der Waals surface area contributed by atoms with Gasteiger partial charge in [0.25, 0.3) is 0 Å². The lowest BCUT2D eigenvalue weighted by Gasteiger charge is -2.26. The molecule has 17 heavy (non-hydrogen) atoms. The third kappa shape index (κ3) is 3.86. The maximum Gasteiger partial charge on any atom is 0.328 e. The van der Waals surface area contributed by atoms with Gasteiger partial charge in [-0.15, -0.1) is 0 Å². The molecule has 5 heteroatoms. The molecule has 1 saturated heterocycles. The molecule has 0 unspecified atom stereocenters. The normalized spacial score (nSPS) is 17.4. The second-order valence-electron chi connectivity index (χ2n) is 3.95. The minimum Gasteiger partial charge on any atom is -0.292 e. The van der Waals surface area contributed by atoms with Crippen molar-refractivity contribution in [2.75, 3.05) is 6.54 Å². The first-order valence-electron chi connectivity index (χ1n) is 5.49. The van der Waals surface area contributed by atoms with Crippen molar-refractivity contribution in [1.82, 2.24) is 10.2 Å². The summed E-state index contributed by atoms with van der Waals surface area (Å²) in [5.41, 5.74) is 1.77. The highest BCUT2D eigenvalue weighted by Crippen LogP contribution is 2.08. The number of hydrogen-bond donors (Lipinski definition) is 1. The monoisotopic (exact) mass is 235 g/mol.